The zero-order valence-electron chi connectivity index (χ0n) is 17.1. The van der Waals surface area contributed by atoms with Crippen LogP contribution in [0.1, 0.15) is 18.5 Å². The second-order valence-corrected chi connectivity index (χ2v) is 7.15. The van der Waals surface area contributed by atoms with Crippen molar-refractivity contribution in [1.82, 2.24) is 10.2 Å². The first-order valence-corrected chi connectivity index (χ1v) is 9.72. The van der Waals surface area contributed by atoms with Crippen LogP contribution >= 0.6 is 24.8 Å². The number of piperazine rings is 1. The number of amides is 2. The van der Waals surface area contributed by atoms with Gasteiger partial charge in [-0.2, -0.15) is 0 Å². The predicted molar refractivity (Wildman–Crippen MR) is 125 cm³/mol. The van der Waals surface area contributed by atoms with Gasteiger partial charge < -0.3 is 20.9 Å². The standard InChI is InChI=1S/C22H28N4O2.2ClH/c1-17(21(23)18-8-4-2-5-9-18)22(28)24-16-20(27)26-14-12-25(13-15-26)19-10-6-3-7-11-19;;/h2-11,17,21H,12-16,23H2,1H3,(H,24,28);2*1H. The van der Waals surface area contributed by atoms with Gasteiger partial charge in [-0.1, -0.05) is 55.5 Å². The topological polar surface area (TPSA) is 78.7 Å². The molecular formula is C22H30Cl2N4O2. The van der Waals surface area contributed by atoms with E-state index in [1.54, 1.807) is 6.92 Å². The van der Waals surface area contributed by atoms with E-state index in [-0.39, 0.29) is 43.2 Å². The highest BCUT2D eigenvalue weighted by molar-refractivity contribution is 5.86. The van der Waals surface area contributed by atoms with E-state index in [1.807, 2.05) is 53.4 Å². The smallest absolute Gasteiger partial charge is 0.242 e. The van der Waals surface area contributed by atoms with Gasteiger partial charge >= 0.3 is 0 Å². The summed E-state index contributed by atoms with van der Waals surface area (Å²) in [5.41, 5.74) is 8.28. The second-order valence-electron chi connectivity index (χ2n) is 7.15. The molecule has 1 aliphatic rings. The van der Waals surface area contributed by atoms with Crippen molar-refractivity contribution < 1.29 is 9.59 Å². The maximum atomic E-state index is 12.5. The van der Waals surface area contributed by atoms with Crippen molar-refractivity contribution >= 4 is 42.3 Å². The lowest BCUT2D eigenvalue weighted by Crippen LogP contribution is -2.51. The van der Waals surface area contributed by atoms with Gasteiger partial charge in [0, 0.05) is 37.9 Å². The molecular weight excluding hydrogens is 423 g/mol. The summed E-state index contributed by atoms with van der Waals surface area (Å²) in [6.45, 7) is 4.69. The van der Waals surface area contributed by atoms with Gasteiger partial charge in [-0.25, -0.2) is 0 Å². The molecule has 1 aliphatic heterocycles. The Morgan fingerprint density at radius 2 is 1.47 bits per heavy atom. The Hall–Kier alpha value is -2.28. The lowest BCUT2D eigenvalue weighted by Gasteiger charge is -2.36. The van der Waals surface area contributed by atoms with E-state index in [9.17, 15) is 9.59 Å². The maximum absolute atomic E-state index is 12.5. The molecule has 0 aliphatic carbocycles. The average molecular weight is 453 g/mol. The zero-order chi connectivity index (χ0) is 19.9. The van der Waals surface area contributed by atoms with Crippen molar-refractivity contribution in [2.75, 3.05) is 37.6 Å². The van der Waals surface area contributed by atoms with E-state index in [4.69, 9.17) is 5.73 Å². The molecule has 8 heteroatoms. The molecule has 2 amide bonds. The van der Waals surface area contributed by atoms with Gasteiger partial charge in [-0.3, -0.25) is 9.59 Å². The third-order valence-electron chi connectivity index (χ3n) is 5.30. The number of nitrogens with one attached hydrogen (secondary N) is 1. The molecule has 0 saturated carbocycles. The van der Waals surface area contributed by atoms with Crippen molar-refractivity contribution in [2.45, 2.75) is 13.0 Å². The summed E-state index contributed by atoms with van der Waals surface area (Å²) in [7, 11) is 0. The van der Waals surface area contributed by atoms with Crippen LogP contribution in [0.3, 0.4) is 0 Å². The summed E-state index contributed by atoms with van der Waals surface area (Å²) < 4.78 is 0. The third-order valence-corrected chi connectivity index (χ3v) is 5.30. The average Bonchev–Trinajstić information content (AvgIpc) is 2.77. The molecule has 1 saturated heterocycles. The minimum Gasteiger partial charge on any atom is -0.368 e. The Kier molecular flexibility index (Phi) is 10.7. The number of rotatable bonds is 6. The molecule has 0 aromatic heterocycles. The Labute approximate surface area is 190 Å². The van der Waals surface area contributed by atoms with Gasteiger partial charge in [-0.15, -0.1) is 24.8 Å². The van der Waals surface area contributed by atoms with Crippen LogP contribution in [0.15, 0.2) is 60.7 Å². The molecule has 6 nitrogen and oxygen atoms in total. The van der Waals surface area contributed by atoms with Gasteiger partial charge in [0.15, 0.2) is 0 Å². The number of carbonyl (C=O) groups is 2. The summed E-state index contributed by atoms with van der Waals surface area (Å²) in [6, 6.07) is 19.3. The first-order chi connectivity index (χ1) is 13.6. The van der Waals surface area contributed by atoms with Crippen LogP contribution in [0, 0.1) is 5.92 Å². The minimum atomic E-state index is -0.412. The van der Waals surface area contributed by atoms with Gasteiger partial charge in [0.2, 0.25) is 11.8 Å². The highest BCUT2D eigenvalue weighted by Crippen LogP contribution is 2.19. The molecule has 164 valence electrons. The second kappa shape index (κ2) is 12.4. The van der Waals surface area contributed by atoms with Crippen LogP contribution in [-0.4, -0.2) is 49.4 Å². The Morgan fingerprint density at radius 3 is 2.03 bits per heavy atom. The molecule has 0 spiro atoms. The summed E-state index contributed by atoms with van der Waals surface area (Å²) in [5.74, 6) is -0.667. The summed E-state index contributed by atoms with van der Waals surface area (Å²) in [5, 5.41) is 2.75. The van der Waals surface area contributed by atoms with Crippen molar-refractivity contribution in [2.24, 2.45) is 11.7 Å². The lowest BCUT2D eigenvalue weighted by atomic mass is 9.95. The fourth-order valence-electron chi connectivity index (χ4n) is 3.42. The van der Waals surface area contributed by atoms with Gasteiger partial charge in [0.25, 0.3) is 0 Å². The summed E-state index contributed by atoms with van der Waals surface area (Å²) >= 11 is 0. The van der Waals surface area contributed by atoms with Crippen molar-refractivity contribution in [1.29, 1.82) is 0 Å². The van der Waals surface area contributed by atoms with E-state index in [2.05, 4.69) is 22.3 Å². The Bertz CT molecular complexity index is 784. The summed E-state index contributed by atoms with van der Waals surface area (Å²) in [4.78, 5) is 29.0. The van der Waals surface area contributed by atoms with Crippen LogP contribution in [-0.2, 0) is 9.59 Å². The van der Waals surface area contributed by atoms with E-state index < -0.39 is 12.0 Å². The third kappa shape index (κ3) is 6.62. The van der Waals surface area contributed by atoms with Crippen LogP contribution in [0.2, 0.25) is 0 Å². The van der Waals surface area contributed by atoms with Crippen LogP contribution in [0.5, 0.6) is 0 Å². The van der Waals surface area contributed by atoms with E-state index >= 15 is 0 Å². The molecule has 1 fully saturated rings. The van der Waals surface area contributed by atoms with E-state index in [0.29, 0.717) is 13.1 Å². The Balaban J connectivity index is 0.00000225. The number of anilines is 1. The molecule has 30 heavy (non-hydrogen) atoms. The molecule has 1 heterocycles. The highest BCUT2D eigenvalue weighted by atomic mass is 35.5. The van der Waals surface area contributed by atoms with Crippen LogP contribution < -0.4 is 16.0 Å². The first-order valence-electron chi connectivity index (χ1n) is 9.72. The van der Waals surface area contributed by atoms with Gasteiger partial charge in [0.05, 0.1) is 12.5 Å². The van der Waals surface area contributed by atoms with Crippen molar-refractivity contribution in [3.8, 4) is 0 Å². The predicted octanol–water partition coefficient (Wildman–Crippen LogP) is 2.63. The number of hydrogen-bond acceptors (Lipinski definition) is 4. The van der Waals surface area contributed by atoms with Crippen LogP contribution in [0.4, 0.5) is 5.69 Å². The minimum absolute atomic E-state index is 0. The number of carbonyl (C=O) groups excluding carboxylic acids is 2. The van der Waals surface area contributed by atoms with E-state index in [0.717, 1.165) is 18.7 Å². The number of hydrogen-bond donors (Lipinski definition) is 2. The highest BCUT2D eigenvalue weighted by Gasteiger charge is 2.25. The molecule has 2 atom stereocenters. The maximum Gasteiger partial charge on any atom is 0.242 e. The van der Waals surface area contributed by atoms with Crippen LogP contribution in [0.25, 0.3) is 0 Å². The number of halogens is 2. The fourth-order valence-corrected chi connectivity index (χ4v) is 3.42. The number of nitrogens with two attached hydrogens (primary N) is 1. The fraction of sp³-hybridized carbons (Fsp3) is 0.364. The molecule has 0 radical (unpaired) electrons. The van der Waals surface area contributed by atoms with Crippen molar-refractivity contribution in [3.05, 3.63) is 66.2 Å². The normalized spacial score (nSPS) is 15.3. The van der Waals surface area contributed by atoms with E-state index in [1.165, 1.54) is 5.69 Å². The molecule has 3 N–H and O–H groups in total. The number of para-hydroxylation sites is 1. The van der Waals surface area contributed by atoms with Crippen molar-refractivity contribution in [3.63, 3.8) is 0 Å². The number of nitrogens with zero attached hydrogens (tertiary/aromatic N) is 2. The number of benzene rings is 2. The Morgan fingerprint density at radius 1 is 0.933 bits per heavy atom. The molecule has 0 bridgehead atoms. The lowest BCUT2D eigenvalue weighted by molar-refractivity contribution is -0.134. The zero-order valence-corrected chi connectivity index (χ0v) is 18.7. The monoisotopic (exact) mass is 452 g/mol. The first kappa shape index (κ1) is 25.8. The molecule has 2 aromatic carbocycles. The quantitative estimate of drug-likeness (QED) is 0.705. The van der Waals surface area contributed by atoms with Gasteiger partial charge in [0.1, 0.15) is 0 Å². The summed E-state index contributed by atoms with van der Waals surface area (Å²) in [6.07, 6.45) is 0. The largest absolute Gasteiger partial charge is 0.368 e. The SMILES string of the molecule is CC(C(=O)NCC(=O)N1CCN(c2ccccc2)CC1)C(N)c1ccccc1.Cl.Cl. The molecule has 2 unspecified atom stereocenters. The molecule has 3 rings (SSSR count). The molecule has 2 aromatic rings. The van der Waals surface area contributed by atoms with Gasteiger partial charge in [-0.05, 0) is 17.7 Å².